The van der Waals surface area contributed by atoms with E-state index in [1.807, 2.05) is 43.3 Å². The smallest absolute Gasteiger partial charge is 0.257 e. The number of aryl methyl sites for hydroxylation is 2. The number of fused-ring (bicyclic) bond motifs is 1. The van der Waals surface area contributed by atoms with Gasteiger partial charge in [-0.25, -0.2) is 4.98 Å². The van der Waals surface area contributed by atoms with Crippen LogP contribution in [0.25, 0.3) is 0 Å². The number of aromatic nitrogens is 1. The lowest BCUT2D eigenvalue weighted by Crippen LogP contribution is -2.30. The maximum atomic E-state index is 12.7. The zero-order valence-corrected chi connectivity index (χ0v) is 18.4. The Morgan fingerprint density at radius 3 is 2.77 bits per heavy atom. The number of hydrogen-bond acceptors (Lipinski definition) is 5. The number of hydrogen-bond donors (Lipinski definition) is 2. The molecule has 31 heavy (non-hydrogen) atoms. The summed E-state index contributed by atoms with van der Waals surface area (Å²) >= 11 is 1.46. The molecule has 3 aromatic rings. The van der Waals surface area contributed by atoms with Crippen LogP contribution in [0.4, 0.5) is 5.13 Å². The number of anilines is 1. The summed E-state index contributed by atoms with van der Waals surface area (Å²) in [5, 5.41) is 6.44. The van der Waals surface area contributed by atoms with Crippen molar-refractivity contribution < 1.29 is 14.3 Å². The van der Waals surface area contributed by atoms with Gasteiger partial charge in [-0.15, -0.1) is 11.3 Å². The minimum atomic E-state index is -0.262. The molecule has 0 fully saturated rings. The first-order valence-electron chi connectivity index (χ1n) is 10.3. The van der Waals surface area contributed by atoms with Crippen molar-refractivity contribution in [3.05, 3.63) is 75.8 Å². The Morgan fingerprint density at radius 2 is 2.00 bits per heavy atom. The van der Waals surface area contributed by atoms with E-state index in [0.717, 1.165) is 46.7 Å². The van der Waals surface area contributed by atoms with E-state index in [-0.39, 0.29) is 17.7 Å². The fraction of sp³-hybridized carbons (Fsp3) is 0.292. The largest absolute Gasteiger partial charge is 0.497 e. The van der Waals surface area contributed by atoms with Gasteiger partial charge >= 0.3 is 0 Å². The monoisotopic (exact) mass is 435 g/mol. The third-order valence-corrected chi connectivity index (χ3v) is 6.46. The van der Waals surface area contributed by atoms with Gasteiger partial charge in [0.15, 0.2) is 5.13 Å². The second-order valence-electron chi connectivity index (χ2n) is 7.63. The number of rotatable bonds is 7. The van der Waals surface area contributed by atoms with Crippen LogP contribution in [0, 0.1) is 6.92 Å². The Bertz CT molecular complexity index is 1090. The molecular formula is C24H25N3O3S. The van der Waals surface area contributed by atoms with Crippen molar-refractivity contribution in [1.29, 1.82) is 0 Å². The summed E-state index contributed by atoms with van der Waals surface area (Å²) in [6.07, 6.45) is 2.30. The molecule has 2 amide bonds. The normalized spacial score (nSPS) is 14.7. The number of nitrogens with zero attached hydrogens (tertiary/aromatic N) is 1. The van der Waals surface area contributed by atoms with Gasteiger partial charge in [-0.2, -0.15) is 0 Å². The van der Waals surface area contributed by atoms with Crippen LogP contribution in [0.15, 0.2) is 48.5 Å². The molecule has 6 nitrogen and oxygen atoms in total. The van der Waals surface area contributed by atoms with Crippen LogP contribution in [-0.4, -0.2) is 30.5 Å². The summed E-state index contributed by atoms with van der Waals surface area (Å²) in [5.41, 5.74) is 3.60. The molecule has 1 aliphatic rings. The Labute approximate surface area is 185 Å². The van der Waals surface area contributed by atoms with Gasteiger partial charge in [-0.05, 0) is 56.0 Å². The molecule has 7 heteroatoms. The molecule has 0 spiro atoms. The highest BCUT2D eigenvalue weighted by Crippen LogP contribution is 2.38. The van der Waals surface area contributed by atoms with Crippen LogP contribution in [0.1, 0.15) is 44.4 Å². The van der Waals surface area contributed by atoms with Crippen LogP contribution in [0.2, 0.25) is 0 Å². The summed E-state index contributed by atoms with van der Waals surface area (Å²) in [6, 6.07) is 15.2. The van der Waals surface area contributed by atoms with Gasteiger partial charge in [-0.3, -0.25) is 14.9 Å². The number of methoxy groups -OCH3 is 1. The van der Waals surface area contributed by atoms with Crippen molar-refractivity contribution in [1.82, 2.24) is 10.3 Å². The number of carbonyl (C=O) groups excluding carboxylic acids is 2. The molecule has 0 radical (unpaired) electrons. The highest BCUT2D eigenvalue weighted by Gasteiger charge is 2.32. The number of benzene rings is 2. The molecule has 1 aromatic heterocycles. The standard InChI is InChI=1S/C24H25N3O3S/c1-15-6-8-17(9-7-15)22(28)27-24-26-21-19(10-11-20(21)31-24)23(29)25-13-12-16-4-3-5-18(14-16)30-2/h3-9,14,19H,10-13H2,1-2H3,(H,25,29)(H,26,27,28). The zero-order chi connectivity index (χ0) is 21.8. The first kappa shape index (κ1) is 21.1. The van der Waals surface area contributed by atoms with Gasteiger partial charge in [0.1, 0.15) is 5.75 Å². The number of nitrogens with one attached hydrogen (secondary N) is 2. The summed E-state index contributed by atoms with van der Waals surface area (Å²) < 4.78 is 5.24. The van der Waals surface area contributed by atoms with Gasteiger partial charge in [0.25, 0.3) is 5.91 Å². The first-order chi connectivity index (χ1) is 15.0. The maximum absolute atomic E-state index is 12.7. The molecule has 0 bridgehead atoms. The average molecular weight is 436 g/mol. The Morgan fingerprint density at radius 1 is 1.19 bits per heavy atom. The van der Waals surface area contributed by atoms with E-state index in [1.54, 1.807) is 19.2 Å². The summed E-state index contributed by atoms with van der Waals surface area (Å²) in [6.45, 7) is 2.54. The van der Waals surface area contributed by atoms with Crippen LogP contribution in [0.5, 0.6) is 5.75 Å². The maximum Gasteiger partial charge on any atom is 0.257 e. The molecule has 0 saturated heterocycles. The third-order valence-electron chi connectivity index (χ3n) is 5.42. The highest BCUT2D eigenvalue weighted by molar-refractivity contribution is 7.16. The molecule has 0 saturated carbocycles. The van der Waals surface area contributed by atoms with Crippen LogP contribution >= 0.6 is 11.3 Å². The number of thiazole rings is 1. The van der Waals surface area contributed by atoms with Crippen LogP contribution in [-0.2, 0) is 17.6 Å². The lowest BCUT2D eigenvalue weighted by molar-refractivity contribution is -0.122. The summed E-state index contributed by atoms with van der Waals surface area (Å²) in [5.74, 6) is 0.351. The van der Waals surface area contributed by atoms with E-state index in [4.69, 9.17) is 4.74 Å². The number of ether oxygens (including phenoxy) is 1. The molecule has 1 atom stereocenters. The molecule has 1 unspecified atom stereocenters. The summed E-state index contributed by atoms with van der Waals surface area (Å²) in [4.78, 5) is 30.9. The van der Waals surface area contributed by atoms with E-state index < -0.39 is 0 Å². The predicted molar refractivity (Wildman–Crippen MR) is 122 cm³/mol. The van der Waals surface area contributed by atoms with Crippen LogP contribution in [0.3, 0.4) is 0 Å². The van der Waals surface area contributed by atoms with Crippen molar-refractivity contribution in [3.8, 4) is 5.75 Å². The van der Waals surface area contributed by atoms with Crippen LogP contribution < -0.4 is 15.4 Å². The number of carbonyl (C=O) groups is 2. The first-order valence-corrected chi connectivity index (χ1v) is 11.1. The van der Waals surface area contributed by atoms with E-state index in [2.05, 4.69) is 15.6 Å². The molecule has 2 aromatic carbocycles. The highest BCUT2D eigenvalue weighted by atomic mass is 32.1. The number of amides is 2. The zero-order valence-electron chi connectivity index (χ0n) is 17.6. The Kier molecular flexibility index (Phi) is 6.32. The van der Waals surface area contributed by atoms with Gasteiger partial charge in [0.05, 0.1) is 18.7 Å². The van der Waals surface area contributed by atoms with E-state index in [0.29, 0.717) is 17.2 Å². The quantitative estimate of drug-likeness (QED) is 0.586. The van der Waals surface area contributed by atoms with Crippen molar-refractivity contribution in [3.63, 3.8) is 0 Å². The SMILES string of the molecule is COc1cccc(CCNC(=O)C2CCc3sc(NC(=O)c4ccc(C)cc4)nc32)c1. The molecule has 2 N–H and O–H groups in total. The van der Waals surface area contributed by atoms with E-state index in [9.17, 15) is 9.59 Å². The predicted octanol–water partition coefficient (Wildman–Crippen LogP) is 4.10. The molecule has 0 aliphatic heterocycles. The Hall–Kier alpha value is -3.19. The van der Waals surface area contributed by atoms with E-state index >= 15 is 0 Å². The lowest BCUT2D eigenvalue weighted by atomic mass is 10.1. The van der Waals surface area contributed by atoms with Gasteiger partial charge in [0, 0.05) is 17.0 Å². The fourth-order valence-corrected chi connectivity index (χ4v) is 4.72. The topological polar surface area (TPSA) is 80.3 Å². The Balaban J connectivity index is 1.34. The second kappa shape index (κ2) is 9.31. The van der Waals surface area contributed by atoms with Gasteiger partial charge < -0.3 is 10.1 Å². The van der Waals surface area contributed by atoms with Crippen molar-refractivity contribution in [2.45, 2.75) is 32.1 Å². The third kappa shape index (κ3) is 4.94. The summed E-state index contributed by atoms with van der Waals surface area (Å²) in [7, 11) is 1.64. The van der Waals surface area contributed by atoms with Crippen molar-refractivity contribution in [2.24, 2.45) is 0 Å². The average Bonchev–Trinajstić information content (AvgIpc) is 3.34. The minimum Gasteiger partial charge on any atom is -0.497 e. The minimum absolute atomic E-state index is 0.0108. The van der Waals surface area contributed by atoms with Crippen molar-refractivity contribution >= 4 is 28.3 Å². The molecule has 1 heterocycles. The molecule has 160 valence electrons. The fourth-order valence-electron chi connectivity index (χ4n) is 3.69. The van der Waals surface area contributed by atoms with E-state index in [1.165, 1.54) is 11.3 Å². The van der Waals surface area contributed by atoms with Crippen molar-refractivity contribution in [2.75, 3.05) is 19.0 Å². The van der Waals surface area contributed by atoms with Gasteiger partial charge in [-0.1, -0.05) is 29.8 Å². The van der Waals surface area contributed by atoms with Gasteiger partial charge in [0.2, 0.25) is 5.91 Å². The molecule has 1 aliphatic carbocycles. The second-order valence-corrected chi connectivity index (χ2v) is 8.72. The molecular weight excluding hydrogens is 410 g/mol. The molecule has 4 rings (SSSR count). The lowest BCUT2D eigenvalue weighted by Gasteiger charge is -2.11.